The Morgan fingerprint density at radius 1 is 1.44 bits per heavy atom. The van der Waals surface area contributed by atoms with Gasteiger partial charge in [-0.3, -0.25) is 4.79 Å². The molecule has 4 heteroatoms. The quantitative estimate of drug-likeness (QED) is 0.883. The molecule has 1 saturated heterocycles. The van der Waals surface area contributed by atoms with E-state index in [1.165, 1.54) is 0 Å². The fourth-order valence-corrected chi connectivity index (χ4v) is 2.34. The van der Waals surface area contributed by atoms with Crippen LogP contribution in [0.3, 0.4) is 0 Å². The van der Waals surface area contributed by atoms with Gasteiger partial charge in [0.1, 0.15) is 0 Å². The van der Waals surface area contributed by atoms with Crippen molar-refractivity contribution in [3.05, 3.63) is 34.9 Å². The SMILES string of the molecule is C[C@@H](NC(=O)C1(C)CCNC1)c1ccc(Cl)cc1. The summed E-state index contributed by atoms with van der Waals surface area (Å²) in [6, 6.07) is 7.59. The van der Waals surface area contributed by atoms with Crippen LogP contribution in [0.4, 0.5) is 0 Å². The van der Waals surface area contributed by atoms with Gasteiger partial charge >= 0.3 is 0 Å². The number of amides is 1. The second kappa shape index (κ2) is 5.29. The van der Waals surface area contributed by atoms with Gasteiger partial charge in [-0.25, -0.2) is 0 Å². The van der Waals surface area contributed by atoms with E-state index in [0.29, 0.717) is 5.02 Å². The normalized spacial score (nSPS) is 24.8. The molecule has 1 aromatic carbocycles. The fraction of sp³-hybridized carbons (Fsp3) is 0.500. The van der Waals surface area contributed by atoms with Crippen molar-refractivity contribution in [1.29, 1.82) is 0 Å². The lowest BCUT2D eigenvalue weighted by Gasteiger charge is -2.24. The number of benzene rings is 1. The Bertz CT molecular complexity index is 424. The van der Waals surface area contributed by atoms with Crippen LogP contribution in [0, 0.1) is 5.41 Å². The third-order valence-electron chi connectivity index (χ3n) is 3.63. The topological polar surface area (TPSA) is 41.1 Å². The lowest BCUT2D eigenvalue weighted by molar-refractivity contribution is -0.129. The van der Waals surface area contributed by atoms with Crippen molar-refractivity contribution in [2.45, 2.75) is 26.3 Å². The first kappa shape index (κ1) is 13.4. The molecule has 1 amide bonds. The van der Waals surface area contributed by atoms with Crippen LogP contribution in [0.1, 0.15) is 31.9 Å². The summed E-state index contributed by atoms with van der Waals surface area (Å²) in [4.78, 5) is 12.2. The zero-order valence-electron chi connectivity index (χ0n) is 10.8. The van der Waals surface area contributed by atoms with Crippen LogP contribution in [0.2, 0.25) is 5.02 Å². The van der Waals surface area contributed by atoms with Gasteiger partial charge in [0.15, 0.2) is 0 Å². The summed E-state index contributed by atoms with van der Waals surface area (Å²) < 4.78 is 0. The van der Waals surface area contributed by atoms with E-state index in [1.807, 2.05) is 38.1 Å². The van der Waals surface area contributed by atoms with Gasteiger partial charge < -0.3 is 10.6 Å². The molecule has 18 heavy (non-hydrogen) atoms. The molecule has 2 rings (SSSR count). The van der Waals surface area contributed by atoms with Crippen molar-refractivity contribution >= 4 is 17.5 Å². The molecule has 1 unspecified atom stereocenters. The Morgan fingerprint density at radius 3 is 2.67 bits per heavy atom. The third kappa shape index (κ3) is 2.85. The molecule has 3 nitrogen and oxygen atoms in total. The first-order chi connectivity index (χ1) is 8.51. The van der Waals surface area contributed by atoms with Gasteiger partial charge in [0.05, 0.1) is 11.5 Å². The van der Waals surface area contributed by atoms with Gasteiger partial charge in [-0.05, 0) is 44.5 Å². The Balaban J connectivity index is 2.00. The van der Waals surface area contributed by atoms with E-state index in [4.69, 9.17) is 11.6 Å². The van der Waals surface area contributed by atoms with Crippen LogP contribution in [-0.4, -0.2) is 19.0 Å². The molecule has 1 aliphatic rings. The van der Waals surface area contributed by atoms with Crippen LogP contribution < -0.4 is 10.6 Å². The second-order valence-corrected chi connectivity index (χ2v) is 5.67. The standard InChI is InChI=1S/C14H19ClN2O/c1-10(11-3-5-12(15)6-4-11)17-13(18)14(2)7-8-16-9-14/h3-6,10,16H,7-9H2,1-2H3,(H,17,18)/t10-,14?/m1/s1. The number of hydrogen-bond donors (Lipinski definition) is 2. The summed E-state index contributed by atoms with van der Waals surface area (Å²) in [6.07, 6.45) is 0.895. The maximum Gasteiger partial charge on any atom is 0.227 e. The van der Waals surface area contributed by atoms with Crippen molar-refractivity contribution in [2.24, 2.45) is 5.41 Å². The molecule has 1 fully saturated rings. The highest BCUT2D eigenvalue weighted by molar-refractivity contribution is 6.30. The smallest absolute Gasteiger partial charge is 0.227 e. The molecular formula is C14H19ClN2O. The summed E-state index contributed by atoms with van der Waals surface area (Å²) in [7, 11) is 0. The van der Waals surface area contributed by atoms with Crippen LogP contribution in [0.15, 0.2) is 24.3 Å². The van der Waals surface area contributed by atoms with Crippen LogP contribution in [0.25, 0.3) is 0 Å². The predicted molar refractivity (Wildman–Crippen MR) is 73.6 cm³/mol. The summed E-state index contributed by atoms with van der Waals surface area (Å²) >= 11 is 5.85. The number of halogens is 1. The number of carbonyl (C=O) groups is 1. The number of rotatable bonds is 3. The van der Waals surface area contributed by atoms with E-state index in [0.717, 1.165) is 25.1 Å². The number of carbonyl (C=O) groups excluding carboxylic acids is 1. The molecule has 1 aliphatic heterocycles. The maximum atomic E-state index is 12.2. The summed E-state index contributed by atoms with van der Waals surface area (Å²) in [5.74, 6) is 0.120. The molecule has 2 atom stereocenters. The van der Waals surface area contributed by atoms with Crippen molar-refractivity contribution in [3.8, 4) is 0 Å². The second-order valence-electron chi connectivity index (χ2n) is 5.23. The molecule has 1 aromatic rings. The van der Waals surface area contributed by atoms with E-state index < -0.39 is 0 Å². The highest BCUT2D eigenvalue weighted by Gasteiger charge is 2.36. The average molecular weight is 267 g/mol. The minimum absolute atomic E-state index is 0.00666. The Labute approximate surface area is 113 Å². The van der Waals surface area contributed by atoms with E-state index in [-0.39, 0.29) is 17.4 Å². The van der Waals surface area contributed by atoms with Crippen molar-refractivity contribution in [3.63, 3.8) is 0 Å². The number of hydrogen-bond acceptors (Lipinski definition) is 2. The largest absolute Gasteiger partial charge is 0.349 e. The van der Waals surface area contributed by atoms with Crippen molar-refractivity contribution < 1.29 is 4.79 Å². The first-order valence-electron chi connectivity index (χ1n) is 6.28. The maximum absolute atomic E-state index is 12.2. The molecule has 0 saturated carbocycles. The number of nitrogens with one attached hydrogen (secondary N) is 2. The molecular weight excluding hydrogens is 248 g/mol. The van der Waals surface area contributed by atoms with E-state index >= 15 is 0 Å². The van der Waals surface area contributed by atoms with Crippen molar-refractivity contribution in [1.82, 2.24) is 10.6 Å². The zero-order chi connectivity index (χ0) is 13.2. The molecule has 0 spiro atoms. The van der Waals surface area contributed by atoms with Gasteiger partial charge in [0, 0.05) is 11.6 Å². The molecule has 2 N–H and O–H groups in total. The van der Waals surface area contributed by atoms with Crippen LogP contribution in [0.5, 0.6) is 0 Å². The van der Waals surface area contributed by atoms with E-state index in [9.17, 15) is 4.79 Å². The lowest BCUT2D eigenvalue weighted by Crippen LogP contribution is -2.41. The molecule has 1 heterocycles. The highest BCUT2D eigenvalue weighted by Crippen LogP contribution is 2.26. The summed E-state index contributed by atoms with van der Waals surface area (Å²) in [6.45, 7) is 5.68. The Morgan fingerprint density at radius 2 is 2.11 bits per heavy atom. The minimum atomic E-state index is -0.277. The lowest BCUT2D eigenvalue weighted by atomic mass is 9.88. The van der Waals surface area contributed by atoms with Gasteiger partial charge in [-0.1, -0.05) is 23.7 Å². The van der Waals surface area contributed by atoms with Gasteiger partial charge in [0.2, 0.25) is 5.91 Å². The minimum Gasteiger partial charge on any atom is -0.349 e. The molecule has 0 bridgehead atoms. The highest BCUT2D eigenvalue weighted by atomic mass is 35.5. The molecule has 0 aromatic heterocycles. The monoisotopic (exact) mass is 266 g/mol. The van der Waals surface area contributed by atoms with Crippen molar-refractivity contribution in [2.75, 3.05) is 13.1 Å². The molecule has 0 aliphatic carbocycles. The summed E-state index contributed by atoms with van der Waals surface area (Å²) in [5.41, 5.74) is 0.794. The van der Waals surface area contributed by atoms with Gasteiger partial charge in [0.25, 0.3) is 0 Å². The van der Waals surface area contributed by atoms with Crippen LogP contribution >= 0.6 is 11.6 Å². The molecule has 98 valence electrons. The average Bonchev–Trinajstić information content (AvgIpc) is 2.78. The molecule has 0 radical (unpaired) electrons. The predicted octanol–water partition coefficient (Wildman–Crippen LogP) is 2.52. The van der Waals surface area contributed by atoms with Gasteiger partial charge in [-0.2, -0.15) is 0 Å². The fourth-order valence-electron chi connectivity index (χ4n) is 2.22. The van der Waals surface area contributed by atoms with E-state index in [2.05, 4.69) is 10.6 Å². The van der Waals surface area contributed by atoms with Gasteiger partial charge in [-0.15, -0.1) is 0 Å². The first-order valence-corrected chi connectivity index (χ1v) is 6.66. The Kier molecular flexibility index (Phi) is 3.93. The van der Waals surface area contributed by atoms with Crippen LogP contribution in [-0.2, 0) is 4.79 Å². The zero-order valence-corrected chi connectivity index (χ0v) is 11.6. The Hall–Kier alpha value is -1.06. The summed E-state index contributed by atoms with van der Waals surface area (Å²) in [5, 5.41) is 7.02. The third-order valence-corrected chi connectivity index (χ3v) is 3.89. The van der Waals surface area contributed by atoms with E-state index in [1.54, 1.807) is 0 Å².